The highest BCUT2D eigenvalue weighted by molar-refractivity contribution is 9.10. The Morgan fingerprint density at radius 1 is 1.50 bits per heavy atom. The van der Waals surface area contributed by atoms with E-state index in [-0.39, 0.29) is 11.5 Å². The van der Waals surface area contributed by atoms with E-state index in [2.05, 4.69) is 20.9 Å². The molecule has 4 nitrogen and oxygen atoms in total. The van der Waals surface area contributed by atoms with Gasteiger partial charge < -0.3 is 9.52 Å². The maximum absolute atomic E-state index is 10.9. The van der Waals surface area contributed by atoms with Crippen molar-refractivity contribution < 1.29 is 14.3 Å². The van der Waals surface area contributed by atoms with E-state index in [4.69, 9.17) is 9.52 Å². The lowest BCUT2D eigenvalue weighted by Crippen LogP contribution is -1.99. The summed E-state index contributed by atoms with van der Waals surface area (Å²) in [6, 6.07) is 5.57. The molecule has 0 radical (unpaired) electrons. The van der Waals surface area contributed by atoms with Crippen molar-refractivity contribution in [3.63, 3.8) is 0 Å². The number of aryl methyl sites for hydroxylation is 1. The number of oxazole rings is 1. The second-order valence-corrected chi connectivity index (χ2v) is 4.21. The first kappa shape index (κ1) is 10.9. The number of nitrogens with zero attached hydrogens (tertiary/aromatic N) is 1. The first-order valence-electron chi connectivity index (χ1n) is 4.53. The normalized spacial score (nSPS) is 10.4. The van der Waals surface area contributed by atoms with Crippen LogP contribution in [-0.2, 0) is 0 Å². The summed E-state index contributed by atoms with van der Waals surface area (Å²) in [4.78, 5) is 14.6. The molecule has 0 saturated carbocycles. The average Bonchev–Trinajstić information content (AvgIpc) is 2.70. The highest BCUT2D eigenvalue weighted by Gasteiger charge is 2.18. The summed E-state index contributed by atoms with van der Waals surface area (Å²) in [7, 11) is 0. The molecule has 0 aliphatic carbocycles. The molecule has 0 spiro atoms. The number of benzene rings is 1. The van der Waals surface area contributed by atoms with Gasteiger partial charge in [0.2, 0.25) is 0 Å². The Balaban J connectivity index is 2.62. The summed E-state index contributed by atoms with van der Waals surface area (Å²) >= 11 is 3.33. The maximum atomic E-state index is 10.9. The Morgan fingerprint density at radius 3 is 2.94 bits per heavy atom. The van der Waals surface area contributed by atoms with Crippen molar-refractivity contribution in [2.75, 3.05) is 0 Å². The predicted molar refractivity (Wildman–Crippen MR) is 61.3 cm³/mol. The number of carbonyl (C=O) groups is 1. The number of rotatable bonds is 2. The number of carboxylic acids is 1. The number of halogens is 1. The van der Waals surface area contributed by atoms with E-state index in [0.717, 1.165) is 22.0 Å². The van der Waals surface area contributed by atoms with E-state index >= 15 is 0 Å². The third-order valence-corrected chi connectivity index (χ3v) is 2.71. The molecule has 5 heteroatoms. The van der Waals surface area contributed by atoms with Crippen LogP contribution in [-0.4, -0.2) is 16.1 Å². The maximum Gasteiger partial charge on any atom is 0.358 e. The van der Waals surface area contributed by atoms with Gasteiger partial charge in [0.15, 0.2) is 17.8 Å². The lowest BCUT2D eigenvalue weighted by molar-refractivity contribution is 0.0691. The number of hydrogen-bond acceptors (Lipinski definition) is 3. The van der Waals surface area contributed by atoms with Crippen LogP contribution in [0.5, 0.6) is 0 Å². The third kappa shape index (κ3) is 1.86. The van der Waals surface area contributed by atoms with E-state index in [1.165, 1.54) is 0 Å². The van der Waals surface area contributed by atoms with Crippen LogP contribution in [0, 0.1) is 6.92 Å². The largest absolute Gasteiger partial charge is 0.476 e. The van der Waals surface area contributed by atoms with Crippen LogP contribution in [0.4, 0.5) is 0 Å². The third-order valence-electron chi connectivity index (χ3n) is 2.21. The van der Waals surface area contributed by atoms with Crippen LogP contribution in [0.3, 0.4) is 0 Å². The van der Waals surface area contributed by atoms with Crippen molar-refractivity contribution in [2.45, 2.75) is 6.92 Å². The van der Waals surface area contributed by atoms with Crippen molar-refractivity contribution in [2.24, 2.45) is 0 Å². The lowest BCUT2D eigenvalue weighted by Gasteiger charge is -2.03. The van der Waals surface area contributed by atoms with Crippen LogP contribution in [0.15, 0.2) is 33.5 Å². The zero-order valence-corrected chi connectivity index (χ0v) is 9.98. The molecule has 0 aliphatic rings. The molecular formula is C11H8BrNO3. The Kier molecular flexibility index (Phi) is 2.78. The molecule has 2 aromatic rings. The number of aromatic carboxylic acids is 1. The summed E-state index contributed by atoms with van der Waals surface area (Å²) in [5.41, 5.74) is 1.59. The van der Waals surface area contributed by atoms with Gasteiger partial charge in [-0.15, -0.1) is 0 Å². The molecule has 1 aromatic carbocycles. The van der Waals surface area contributed by atoms with Gasteiger partial charge in [-0.3, -0.25) is 0 Å². The number of hydrogen-bond donors (Lipinski definition) is 1. The quantitative estimate of drug-likeness (QED) is 0.919. The van der Waals surface area contributed by atoms with Gasteiger partial charge in [0.1, 0.15) is 0 Å². The first-order valence-corrected chi connectivity index (χ1v) is 5.32. The van der Waals surface area contributed by atoms with E-state index < -0.39 is 5.97 Å². The fraction of sp³-hybridized carbons (Fsp3) is 0.0909. The zero-order valence-electron chi connectivity index (χ0n) is 8.40. The number of aromatic nitrogens is 1. The molecule has 1 N–H and O–H groups in total. The topological polar surface area (TPSA) is 63.3 Å². The molecule has 0 amide bonds. The van der Waals surface area contributed by atoms with E-state index in [9.17, 15) is 4.79 Å². The van der Waals surface area contributed by atoms with E-state index in [1.54, 1.807) is 0 Å². The van der Waals surface area contributed by atoms with Gasteiger partial charge in [0.25, 0.3) is 0 Å². The molecular weight excluding hydrogens is 274 g/mol. The molecule has 1 aromatic heterocycles. The fourth-order valence-corrected chi connectivity index (χ4v) is 1.79. The Morgan fingerprint density at radius 2 is 2.25 bits per heavy atom. The van der Waals surface area contributed by atoms with Gasteiger partial charge in [-0.1, -0.05) is 22.0 Å². The Bertz CT molecular complexity index is 548. The van der Waals surface area contributed by atoms with Crippen LogP contribution in [0.2, 0.25) is 0 Å². The summed E-state index contributed by atoms with van der Waals surface area (Å²) in [5.74, 6) is -0.811. The highest BCUT2D eigenvalue weighted by atomic mass is 79.9. The minimum Gasteiger partial charge on any atom is -0.476 e. The molecule has 2 rings (SSSR count). The predicted octanol–water partition coefficient (Wildman–Crippen LogP) is 3.11. The second-order valence-electron chi connectivity index (χ2n) is 3.29. The zero-order chi connectivity index (χ0) is 11.7. The lowest BCUT2D eigenvalue weighted by atomic mass is 10.1. The number of carboxylic acid groups (broad SMARTS) is 1. The van der Waals surface area contributed by atoms with Crippen molar-refractivity contribution in [1.29, 1.82) is 0 Å². The smallest absolute Gasteiger partial charge is 0.358 e. The van der Waals surface area contributed by atoms with Crippen LogP contribution in [0.25, 0.3) is 11.3 Å². The minimum absolute atomic E-state index is 0.0683. The molecule has 0 bridgehead atoms. The fourth-order valence-electron chi connectivity index (χ4n) is 1.43. The SMILES string of the molecule is Cc1ccc(Br)cc1-c1ocnc1C(=O)O. The summed E-state index contributed by atoms with van der Waals surface area (Å²) < 4.78 is 6.00. The summed E-state index contributed by atoms with van der Waals surface area (Å²) in [5, 5.41) is 8.94. The summed E-state index contributed by atoms with van der Waals surface area (Å²) in [6.45, 7) is 1.88. The molecule has 1 heterocycles. The Labute approximate surface area is 100 Å². The minimum atomic E-state index is -1.09. The van der Waals surface area contributed by atoms with Gasteiger partial charge in [-0.2, -0.15) is 0 Å². The van der Waals surface area contributed by atoms with Gasteiger partial charge in [0, 0.05) is 10.0 Å². The second kappa shape index (κ2) is 4.09. The van der Waals surface area contributed by atoms with Crippen molar-refractivity contribution in [3.8, 4) is 11.3 Å². The molecule has 0 fully saturated rings. The van der Waals surface area contributed by atoms with Crippen LogP contribution >= 0.6 is 15.9 Å². The monoisotopic (exact) mass is 281 g/mol. The van der Waals surface area contributed by atoms with Crippen molar-refractivity contribution in [3.05, 3.63) is 40.3 Å². The molecule has 16 heavy (non-hydrogen) atoms. The van der Waals surface area contributed by atoms with Gasteiger partial charge >= 0.3 is 5.97 Å². The van der Waals surface area contributed by atoms with E-state index in [0.29, 0.717) is 0 Å². The Hall–Kier alpha value is -1.62. The van der Waals surface area contributed by atoms with Crippen molar-refractivity contribution >= 4 is 21.9 Å². The molecule has 0 atom stereocenters. The molecule has 0 aliphatic heterocycles. The average molecular weight is 282 g/mol. The van der Waals surface area contributed by atoms with Crippen LogP contribution in [0.1, 0.15) is 16.1 Å². The van der Waals surface area contributed by atoms with Gasteiger partial charge in [-0.25, -0.2) is 9.78 Å². The van der Waals surface area contributed by atoms with E-state index in [1.807, 2.05) is 25.1 Å². The molecule has 82 valence electrons. The summed E-state index contributed by atoms with van der Waals surface area (Å²) in [6.07, 6.45) is 1.14. The van der Waals surface area contributed by atoms with Gasteiger partial charge in [0.05, 0.1) is 0 Å². The first-order chi connectivity index (χ1) is 7.59. The molecule has 0 saturated heterocycles. The highest BCUT2D eigenvalue weighted by Crippen LogP contribution is 2.29. The van der Waals surface area contributed by atoms with Gasteiger partial charge in [-0.05, 0) is 24.6 Å². The standard InChI is InChI=1S/C11H8BrNO3/c1-6-2-3-7(12)4-8(6)10-9(11(14)15)13-5-16-10/h2-5H,1H3,(H,14,15). The van der Waals surface area contributed by atoms with Crippen LogP contribution < -0.4 is 0 Å². The van der Waals surface area contributed by atoms with Crippen molar-refractivity contribution in [1.82, 2.24) is 4.98 Å². The molecule has 0 unspecified atom stereocenters.